The number of nitrogens with one attached hydrogen (secondary N) is 1. The van der Waals surface area contributed by atoms with Gasteiger partial charge in [0.15, 0.2) is 0 Å². The van der Waals surface area contributed by atoms with Crippen LogP contribution < -0.4 is 5.32 Å². The number of nitrogens with zero attached hydrogens (tertiary/aromatic N) is 2. The van der Waals surface area contributed by atoms with Crippen LogP contribution in [0.25, 0.3) is 0 Å². The molecule has 0 unspecified atom stereocenters. The minimum Gasteiger partial charge on any atom is -0.314 e. The molecule has 110 valence electrons. The SMILES string of the molecule is C=CCN(CC=C)N(C(=O)CCNC(C)C)C(C)C. The van der Waals surface area contributed by atoms with Crippen molar-refractivity contribution in [1.29, 1.82) is 0 Å². The summed E-state index contributed by atoms with van der Waals surface area (Å²) in [6.07, 6.45) is 4.11. The van der Waals surface area contributed by atoms with Gasteiger partial charge in [-0.2, -0.15) is 0 Å². The molecule has 4 nitrogen and oxygen atoms in total. The van der Waals surface area contributed by atoms with Gasteiger partial charge in [-0.25, -0.2) is 5.01 Å². The highest BCUT2D eigenvalue weighted by Crippen LogP contribution is 2.08. The number of hydrogen-bond donors (Lipinski definition) is 1. The van der Waals surface area contributed by atoms with Crippen molar-refractivity contribution in [2.24, 2.45) is 0 Å². The van der Waals surface area contributed by atoms with E-state index in [1.807, 2.05) is 23.9 Å². The quantitative estimate of drug-likeness (QED) is 0.487. The monoisotopic (exact) mass is 267 g/mol. The van der Waals surface area contributed by atoms with E-state index < -0.39 is 0 Å². The molecule has 0 radical (unpaired) electrons. The Balaban J connectivity index is 4.62. The predicted octanol–water partition coefficient (Wildman–Crippen LogP) is 2.20. The topological polar surface area (TPSA) is 35.6 Å². The van der Waals surface area contributed by atoms with Crippen LogP contribution in [0, 0.1) is 0 Å². The summed E-state index contributed by atoms with van der Waals surface area (Å²) >= 11 is 0. The maximum atomic E-state index is 12.3. The largest absolute Gasteiger partial charge is 0.314 e. The van der Waals surface area contributed by atoms with E-state index in [1.54, 1.807) is 12.2 Å². The molecule has 0 aromatic carbocycles. The number of hydrazine groups is 1. The van der Waals surface area contributed by atoms with E-state index in [0.29, 0.717) is 32.1 Å². The summed E-state index contributed by atoms with van der Waals surface area (Å²) < 4.78 is 0. The zero-order valence-electron chi connectivity index (χ0n) is 12.9. The fourth-order valence-corrected chi connectivity index (χ4v) is 1.90. The summed E-state index contributed by atoms with van der Waals surface area (Å²) in [7, 11) is 0. The fraction of sp³-hybridized carbons (Fsp3) is 0.667. The van der Waals surface area contributed by atoms with Crippen LogP contribution >= 0.6 is 0 Å². The van der Waals surface area contributed by atoms with Crippen molar-refractivity contribution < 1.29 is 4.79 Å². The van der Waals surface area contributed by atoms with E-state index in [2.05, 4.69) is 32.3 Å². The summed E-state index contributed by atoms with van der Waals surface area (Å²) in [5, 5.41) is 7.05. The zero-order chi connectivity index (χ0) is 14.8. The molecule has 0 aromatic rings. The normalized spacial score (nSPS) is 11.1. The van der Waals surface area contributed by atoms with Gasteiger partial charge in [0.05, 0.1) is 0 Å². The minimum absolute atomic E-state index is 0.131. The van der Waals surface area contributed by atoms with E-state index in [4.69, 9.17) is 0 Å². The van der Waals surface area contributed by atoms with Gasteiger partial charge in [-0.15, -0.1) is 13.2 Å². The second kappa shape index (κ2) is 9.75. The van der Waals surface area contributed by atoms with Gasteiger partial charge in [0.25, 0.3) is 0 Å². The number of amides is 1. The maximum Gasteiger partial charge on any atom is 0.238 e. The molecule has 0 saturated heterocycles. The Kier molecular flexibility index (Phi) is 9.17. The summed E-state index contributed by atoms with van der Waals surface area (Å²) in [4.78, 5) is 12.3. The zero-order valence-corrected chi connectivity index (χ0v) is 12.9. The Bertz CT molecular complexity index is 277. The third-order valence-corrected chi connectivity index (χ3v) is 2.62. The molecule has 0 saturated carbocycles. The number of carbonyl (C=O) groups is 1. The Hall–Kier alpha value is -1.13. The summed E-state index contributed by atoms with van der Waals surface area (Å²) in [6, 6.07) is 0.532. The molecule has 0 spiro atoms. The highest BCUT2D eigenvalue weighted by atomic mass is 16.2. The highest BCUT2D eigenvalue weighted by Gasteiger charge is 2.22. The molecule has 0 aliphatic carbocycles. The van der Waals surface area contributed by atoms with Gasteiger partial charge in [0, 0.05) is 38.1 Å². The lowest BCUT2D eigenvalue weighted by molar-refractivity contribution is -0.151. The summed E-state index contributed by atoms with van der Waals surface area (Å²) in [6.45, 7) is 17.7. The molecule has 0 rings (SSSR count). The minimum atomic E-state index is 0.131. The average molecular weight is 267 g/mol. The third kappa shape index (κ3) is 7.13. The molecule has 1 N–H and O–H groups in total. The molecule has 0 aliphatic rings. The smallest absolute Gasteiger partial charge is 0.238 e. The van der Waals surface area contributed by atoms with Gasteiger partial charge in [0.1, 0.15) is 0 Å². The van der Waals surface area contributed by atoms with Gasteiger partial charge in [-0.05, 0) is 13.8 Å². The Morgan fingerprint density at radius 2 is 1.68 bits per heavy atom. The van der Waals surface area contributed by atoms with E-state index in [9.17, 15) is 4.79 Å². The Labute approximate surface area is 118 Å². The van der Waals surface area contributed by atoms with Gasteiger partial charge < -0.3 is 5.32 Å². The standard InChI is InChI=1S/C15H29N3O/c1-7-11-17(12-8-2)18(14(5)6)15(19)9-10-16-13(3)4/h7-8,13-14,16H,1-2,9-12H2,3-6H3. The molecule has 0 fully saturated rings. The molecular weight excluding hydrogens is 238 g/mol. The third-order valence-electron chi connectivity index (χ3n) is 2.62. The Morgan fingerprint density at radius 3 is 2.05 bits per heavy atom. The number of carbonyl (C=O) groups excluding carboxylic acids is 1. The molecule has 19 heavy (non-hydrogen) atoms. The van der Waals surface area contributed by atoms with Gasteiger partial charge >= 0.3 is 0 Å². The fourth-order valence-electron chi connectivity index (χ4n) is 1.90. The lowest BCUT2D eigenvalue weighted by Crippen LogP contribution is -2.51. The first-order chi connectivity index (χ1) is 8.93. The van der Waals surface area contributed by atoms with Crippen molar-refractivity contribution in [1.82, 2.24) is 15.3 Å². The van der Waals surface area contributed by atoms with E-state index >= 15 is 0 Å². The molecule has 0 bridgehead atoms. The lowest BCUT2D eigenvalue weighted by atomic mass is 10.3. The van der Waals surface area contributed by atoms with E-state index in [1.165, 1.54) is 0 Å². The second-order valence-electron chi connectivity index (χ2n) is 5.14. The molecule has 0 heterocycles. The molecule has 0 atom stereocenters. The summed E-state index contributed by atoms with van der Waals surface area (Å²) in [5.41, 5.74) is 0. The number of hydrogen-bond acceptors (Lipinski definition) is 3. The molecular formula is C15H29N3O. The first-order valence-electron chi connectivity index (χ1n) is 6.96. The van der Waals surface area contributed by atoms with Crippen molar-refractivity contribution >= 4 is 5.91 Å². The highest BCUT2D eigenvalue weighted by molar-refractivity contribution is 5.76. The van der Waals surface area contributed by atoms with Crippen LogP contribution in [-0.4, -0.2) is 47.6 Å². The number of rotatable bonds is 10. The van der Waals surface area contributed by atoms with Crippen LogP contribution in [0.1, 0.15) is 34.1 Å². The average Bonchev–Trinajstić information content (AvgIpc) is 2.28. The first kappa shape index (κ1) is 17.9. The van der Waals surface area contributed by atoms with Crippen molar-refractivity contribution in [2.75, 3.05) is 19.6 Å². The van der Waals surface area contributed by atoms with Gasteiger partial charge in [-0.3, -0.25) is 9.80 Å². The van der Waals surface area contributed by atoms with Crippen LogP contribution in [0.2, 0.25) is 0 Å². The van der Waals surface area contributed by atoms with E-state index in [0.717, 1.165) is 0 Å². The summed E-state index contributed by atoms with van der Waals surface area (Å²) in [5.74, 6) is 0.131. The van der Waals surface area contributed by atoms with Gasteiger partial charge in [0.2, 0.25) is 5.91 Å². The molecule has 1 amide bonds. The molecule has 0 aliphatic heterocycles. The van der Waals surface area contributed by atoms with Gasteiger partial charge in [-0.1, -0.05) is 26.0 Å². The van der Waals surface area contributed by atoms with E-state index in [-0.39, 0.29) is 11.9 Å². The van der Waals surface area contributed by atoms with Crippen LogP contribution in [0.15, 0.2) is 25.3 Å². The predicted molar refractivity (Wildman–Crippen MR) is 81.7 cm³/mol. The molecule has 0 aromatic heterocycles. The van der Waals surface area contributed by atoms with Crippen molar-refractivity contribution in [3.8, 4) is 0 Å². The van der Waals surface area contributed by atoms with Crippen molar-refractivity contribution in [3.63, 3.8) is 0 Å². The van der Waals surface area contributed by atoms with Crippen LogP contribution in [0.5, 0.6) is 0 Å². The molecule has 4 heteroatoms. The van der Waals surface area contributed by atoms with Crippen molar-refractivity contribution in [3.05, 3.63) is 25.3 Å². The van der Waals surface area contributed by atoms with Crippen molar-refractivity contribution in [2.45, 2.75) is 46.2 Å². The maximum absolute atomic E-state index is 12.3. The Morgan fingerprint density at radius 1 is 1.16 bits per heavy atom. The second-order valence-corrected chi connectivity index (χ2v) is 5.14. The van der Waals surface area contributed by atoms with Crippen LogP contribution in [0.3, 0.4) is 0 Å². The van der Waals surface area contributed by atoms with Crippen LogP contribution in [0.4, 0.5) is 0 Å². The first-order valence-corrected chi connectivity index (χ1v) is 6.96. The lowest BCUT2D eigenvalue weighted by Gasteiger charge is -2.37. The van der Waals surface area contributed by atoms with Crippen LogP contribution in [-0.2, 0) is 4.79 Å².